The molecule has 3 heteroatoms. The van der Waals surface area contributed by atoms with E-state index in [1.54, 1.807) is 0 Å². The van der Waals surface area contributed by atoms with Crippen LogP contribution in [-0.2, 0) is 9.47 Å². The highest BCUT2D eigenvalue weighted by molar-refractivity contribution is 4.93. The third kappa shape index (κ3) is 26.4. The molecule has 0 bridgehead atoms. The minimum absolute atomic E-state index is 0.205. The second kappa shape index (κ2) is 32.1. The lowest BCUT2D eigenvalue weighted by Gasteiger charge is -2.30. The summed E-state index contributed by atoms with van der Waals surface area (Å²) in [4.78, 5) is 2.39. The number of nitrogens with zero attached hydrogens (tertiary/aromatic N) is 1. The molecular weight excluding hydrogens is 574 g/mol. The average molecular weight is 656 g/mol. The molecule has 0 aromatic carbocycles. The van der Waals surface area contributed by atoms with Crippen LogP contribution in [0.2, 0.25) is 0 Å². The molecule has 274 valence electrons. The summed E-state index contributed by atoms with van der Waals surface area (Å²) < 4.78 is 13.2. The molecule has 47 heavy (non-hydrogen) atoms. The largest absolute Gasteiger partial charge is 0.347 e. The van der Waals surface area contributed by atoms with Crippen molar-refractivity contribution in [2.24, 2.45) is 0 Å². The smallest absolute Gasteiger partial charge is 0.168 e. The van der Waals surface area contributed by atoms with Crippen LogP contribution in [0.4, 0.5) is 0 Å². The van der Waals surface area contributed by atoms with Gasteiger partial charge in [-0.1, -0.05) is 140 Å². The topological polar surface area (TPSA) is 21.7 Å². The molecule has 1 atom stereocenters. The summed E-state index contributed by atoms with van der Waals surface area (Å²) in [6.45, 7) is 10.8. The molecule has 1 fully saturated rings. The molecule has 0 radical (unpaired) electrons. The van der Waals surface area contributed by atoms with E-state index in [0.29, 0.717) is 6.04 Å². The molecule has 0 saturated carbocycles. The normalized spacial score (nSPS) is 17.0. The van der Waals surface area contributed by atoms with Gasteiger partial charge in [0, 0.05) is 25.4 Å². The van der Waals surface area contributed by atoms with Gasteiger partial charge in [-0.05, 0) is 97.9 Å². The van der Waals surface area contributed by atoms with Gasteiger partial charge in [-0.2, -0.15) is 0 Å². The van der Waals surface area contributed by atoms with Crippen molar-refractivity contribution in [2.45, 2.75) is 213 Å². The van der Waals surface area contributed by atoms with E-state index in [9.17, 15) is 0 Å². The zero-order valence-electron chi connectivity index (χ0n) is 32.3. The van der Waals surface area contributed by atoms with Crippen LogP contribution in [0.1, 0.15) is 195 Å². The highest BCUT2D eigenvalue weighted by Crippen LogP contribution is 2.35. The molecular formula is C44H81NO2. The number of allylic oxidation sites excluding steroid dienone is 8. The SMILES string of the molecule is CCCCC/C=C\C/C=C\CCCCCCCCC1(CCCCCCCC/C=C\C/C=C\CCCCC)OC[C@H](CN(C)C(C)C)O1. The maximum Gasteiger partial charge on any atom is 0.168 e. The van der Waals surface area contributed by atoms with Crippen molar-refractivity contribution in [3.8, 4) is 0 Å². The van der Waals surface area contributed by atoms with Gasteiger partial charge in [-0.3, -0.25) is 0 Å². The molecule has 0 N–H and O–H groups in total. The molecule has 0 unspecified atom stereocenters. The fraction of sp³-hybridized carbons (Fsp3) is 0.818. The van der Waals surface area contributed by atoms with Crippen molar-refractivity contribution in [1.82, 2.24) is 4.90 Å². The van der Waals surface area contributed by atoms with E-state index >= 15 is 0 Å². The number of unbranched alkanes of at least 4 members (excludes halogenated alkanes) is 18. The Labute approximate surface area is 295 Å². The monoisotopic (exact) mass is 656 g/mol. The van der Waals surface area contributed by atoms with E-state index < -0.39 is 0 Å². The predicted molar refractivity (Wildman–Crippen MR) is 209 cm³/mol. The van der Waals surface area contributed by atoms with E-state index in [4.69, 9.17) is 9.47 Å². The van der Waals surface area contributed by atoms with Crippen LogP contribution in [0, 0.1) is 0 Å². The number of ether oxygens (including phenoxy) is 2. The van der Waals surface area contributed by atoms with Crippen LogP contribution in [-0.4, -0.2) is 43.0 Å². The lowest BCUT2D eigenvalue weighted by molar-refractivity contribution is -0.180. The Morgan fingerprint density at radius 1 is 0.553 bits per heavy atom. The number of hydrogen-bond donors (Lipinski definition) is 0. The zero-order chi connectivity index (χ0) is 34.1. The van der Waals surface area contributed by atoms with Gasteiger partial charge >= 0.3 is 0 Å². The fourth-order valence-electron chi connectivity index (χ4n) is 6.39. The summed E-state index contributed by atoms with van der Waals surface area (Å²) in [5.74, 6) is -0.340. The number of hydrogen-bond acceptors (Lipinski definition) is 3. The van der Waals surface area contributed by atoms with Crippen LogP contribution in [0.15, 0.2) is 48.6 Å². The first-order valence-corrected chi connectivity index (χ1v) is 20.6. The average Bonchev–Trinajstić information content (AvgIpc) is 3.46. The Balaban J connectivity index is 2.21. The van der Waals surface area contributed by atoms with E-state index in [2.05, 4.69) is 88.3 Å². The summed E-state index contributed by atoms with van der Waals surface area (Å²) in [6, 6.07) is 0.536. The second-order valence-electron chi connectivity index (χ2n) is 14.7. The highest BCUT2D eigenvalue weighted by Gasteiger charge is 2.40. The minimum atomic E-state index is -0.340. The van der Waals surface area contributed by atoms with Crippen molar-refractivity contribution >= 4 is 0 Å². The predicted octanol–water partition coefficient (Wildman–Crippen LogP) is 13.8. The van der Waals surface area contributed by atoms with Gasteiger partial charge in [0.05, 0.1) is 12.7 Å². The Morgan fingerprint density at radius 3 is 1.34 bits per heavy atom. The molecule has 0 aliphatic carbocycles. The van der Waals surface area contributed by atoms with Gasteiger partial charge in [0.1, 0.15) is 0 Å². The van der Waals surface area contributed by atoms with Gasteiger partial charge in [-0.25, -0.2) is 0 Å². The van der Waals surface area contributed by atoms with Crippen molar-refractivity contribution in [3.05, 3.63) is 48.6 Å². The van der Waals surface area contributed by atoms with Crippen molar-refractivity contribution < 1.29 is 9.47 Å². The Morgan fingerprint density at radius 2 is 0.936 bits per heavy atom. The molecule has 0 spiro atoms. The van der Waals surface area contributed by atoms with Crippen molar-refractivity contribution in [2.75, 3.05) is 20.2 Å². The van der Waals surface area contributed by atoms with Crippen molar-refractivity contribution in [3.63, 3.8) is 0 Å². The Bertz CT molecular complexity index is 734. The maximum atomic E-state index is 6.73. The van der Waals surface area contributed by atoms with E-state index in [1.165, 1.54) is 141 Å². The molecule has 1 rings (SSSR count). The van der Waals surface area contributed by atoms with Crippen LogP contribution >= 0.6 is 0 Å². The lowest BCUT2D eigenvalue weighted by atomic mass is 9.98. The summed E-state index contributed by atoms with van der Waals surface area (Å²) in [6.07, 6.45) is 52.1. The summed E-state index contributed by atoms with van der Waals surface area (Å²) >= 11 is 0. The quantitative estimate of drug-likeness (QED) is 0.0519. The molecule has 1 aliphatic rings. The number of likely N-dealkylation sites (N-methyl/N-ethyl adjacent to an activating group) is 1. The third-order valence-electron chi connectivity index (χ3n) is 9.80. The summed E-state index contributed by atoms with van der Waals surface area (Å²) in [5, 5.41) is 0. The standard InChI is InChI=1S/C44H81NO2/c1-6-8-10-12-14-16-18-20-22-24-26-28-30-32-34-36-38-44(46-41-43(47-44)40-45(5)42(3)4)39-37-35-33-31-29-27-25-23-21-19-17-15-13-11-9-7-2/h14-17,20-23,42-43H,6-13,18-19,24-41H2,1-5H3/b16-14-,17-15-,22-20-,23-21-/t43-/m0/s1. The first-order chi connectivity index (χ1) is 23.0. The molecule has 0 amide bonds. The molecule has 1 heterocycles. The van der Waals surface area contributed by atoms with Crippen LogP contribution < -0.4 is 0 Å². The van der Waals surface area contributed by atoms with Gasteiger partial charge in [-0.15, -0.1) is 0 Å². The van der Waals surface area contributed by atoms with Gasteiger partial charge in [0.15, 0.2) is 5.79 Å². The van der Waals surface area contributed by atoms with Crippen LogP contribution in [0.3, 0.4) is 0 Å². The van der Waals surface area contributed by atoms with Crippen LogP contribution in [0.25, 0.3) is 0 Å². The molecule has 3 nitrogen and oxygen atoms in total. The second-order valence-corrected chi connectivity index (χ2v) is 14.7. The molecule has 1 aliphatic heterocycles. The van der Waals surface area contributed by atoms with E-state index in [-0.39, 0.29) is 11.9 Å². The Hall–Kier alpha value is -1.16. The molecule has 0 aromatic heterocycles. The molecule has 0 aromatic rings. The van der Waals surface area contributed by atoms with Gasteiger partial charge < -0.3 is 14.4 Å². The first kappa shape index (κ1) is 43.9. The van der Waals surface area contributed by atoms with Crippen molar-refractivity contribution in [1.29, 1.82) is 0 Å². The van der Waals surface area contributed by atoms with E-state index in [0.717, 1.165) is 38.8 Å². The van der Waals surface area contributed by atoms with Gasteiger partial charge in [0.25, 0.3) is 0 Å². The minimum Gasteiger partial charge on any atom is -0.347 e. The maximum absolute atomic E-state index is 6.73. The third-order valence-corrected chi connectivity index (χ3v) is 9.80. The van der Waals surface area contributed by atoms with E-state index in [1.807, 2.05) is 0 Å². The Kier molecular flexibility index (Phi) is 29.9. The van der Waals surface area contributed by atoms with Gasteiger partial charge in [0.2, 0.25) is 0 Å². The van der Waals surface area contributed by atoms with Crippen LogP contribution in [0.5, 0.6) is 0 Å². The highest BCUT2D eigenvalue weighted by atomic mass is 16.7. The fourth-order valence-corrected chi connectivity index (χ4v) is 6.39. The zero-order valence-corrected chi connectivity index (χ0v) is 32.3. The number of rotatable bonds is 33. The lowest BCUT2D eigenvalue weighted by Crippen LogP contribution is -2.37. The first-order valence-electron chi connectivity index (χ1n) is 20.6. The summed E-state index contributed by atoms with van der Waals surface area (Å²) in [7, 11) is 2.21. The molecule has 1 saturated heterocycles. The summed E-state index contributed by atoms with van der Waals surface area (Å²) in [5.41, 5.74) is 0.